The van der Waals surface area contributed by atoms with Gasteiger partial charge in [-0.15, -0.1) is 0 Å². The second kappa shape index (κ2) is 9.32. The number of ether oxygens (including phenoxy) is 3. The highest BCUT2D eigenvalue weighted by Gasteiger charge is 2.32. The van der Waals surface area contributed by atoms with Gasteiger partial charge in [-0.05, 0) is 44.0 Å². The molecule has 1 amide bonds. The zero-order valence-corrected chi connectivity index (χ0v) is 16.6. The van der Waals surface area contributed by atoms with E-state index < -0.39 is 12.6 Å². The Kier molecular flexibility index (Phi) is 6.59. The third-order valence-corrected chi connectivity index (χ3v) is 4.85. The van der Waals surface area contributed by atoms with Gasteiger partial charge in [0.05, 0.1) is 19.8 Å². The van der Waals surface area contributed by atoms with Gasteiger partial charge in [0, 0.05) is 17.7 Å². The van der Waals surface area contributed by atoms with Crippen LogP contribution in [0.25, 0.3) is 0 Å². The molecule has 1 saturated heterocycles. The largest absolute Gasteiger partial charge is 0.496 e. The Morgan fingerprint density at radius 1 is 1.10 bits per heavy atom. The van der Waals surface area contributed by atoms with E-state index >= 15 is 0 Å². The average molecular weight is 399 g/mol. The predicted octanol–water partition coefficient (Wildman–Crippen LogP) is 3.53. The van der Waals surface area contributed by atoms with Gasteiger partial charge in [-0.2, -0.15) is 0 Å². The topological polar surface area (TPSA) is 85.3 Å². The summed E-state index contributed by atoms with van der Waals surface area (Å²) in [7, 11) is 1.63. The number of hydrogen-bond acceptors (Lipinski definition) is 5. The quantitative estimate of drug-likeness (QED) is 0.731. The van der Waals surface area contributed by atoms with Gasteiger partial charge in [-0.1, -0.05) is 18.2 Å². The molecule has 0 aliphatic carbocycles. The first-order valence-corrected chi connectivity index (χ1v) is 9.60. The monoisotopic (exact) mass is 399 g/mol. The molecule has 0 radical (unpaired) electrons. The molecule has 1 fully saturated rings. The Bertz CT molecular complexity index is 881. The molecule has 2 aromatic rings. The van der Waals surface area contributed by atoms with Gasteiger partial charge in [0.15, 0.2) is 18.1 Å². The number of para-hydroxylation sites is 1. The van der Waals surface area contributed by atoms with Crippen molar-refractivity contribution in [3.63, 3.8) is 0 Å². The van der Waals surface area contributed by atoms with Gasteiger partial charge in [0.2, 0.25) is 0 Å². The van der Waals surface area contributed by atoms with Crippen molar-refractivity contribution in [2.24, 2.45) is 0 Å². The standard InChI is InChI=1S/C22H25NO6/c1-3-28-20-13-15(10-11-19(20)29-14-21(24)25)22(26)23-12-6-8-17(23)16-7-4-5-9-18(16)27-2/h4-5,7,9-11,13,17H,3,6,8,12,14H2,1-2H3,(H,24,25). The highest BCUT2D eigenvalue weighted by molar-refractivity contribution is 5.95. The van der Waals surface area contributed by atoms with Crippen LogP contribution in [0.15, 0.2) is 42.5 Å². The molecule has 1 unspecified atom stereocenters. The first-order chi connectivity index (χ1) is 14.0. The van der Waals surface area contributed by atoms with Crippen molar-refractivity contribution in [3.8, 4) is 17.2 Å². The van der Waals surface area contributed by atoms with Gasteiger partial charge in [0.25, 0.3) is 5.91 Å². The van der Waals surface area contributed by atoms with E-state index in [4.69, 9.17) is 19.3 Å². The van der Waals surface area contributed by atoms with Crippen LogP contribution in [0.4, 0.5) is 0 Å². The molecular formula is C22H25NO6. The minimum atomic E-state index is -1.08. The van der Waals surface area contributed by atoms with Crippen molar-refractivity contribution in [3.05, 3.63) is 53.6 Å². The molecule has 0 spiro atoms. The van der Waals surface area contributed by atoms with Crippen LogP contribution in [-0.2, 0) is 4.79 Å². The summed E-state index contributed by atoms with van der Waals surface area (Å²) in [5.74, 6) is 0.235. The fourth-order valence-corrected chi connectivity index (χ4v) is 3.61. The second-order valence-corrected chi connectivity index (χ2v) is 6.68. The number of rotatable bonds is 8. The van der Waals surface area contributed by atoms with E-state index in [0.717, 1.165) is 24.2 Å². The van der Waals surface area contributed by atoms with Crippen molar-refractivity contribution in [2.45, 2.75) is 25.8 Å². The molecule has 154 valence electrons. The zero-order valence-electron chi connectivity index (χ0n) is 16.6. The highest BCUT2D eigenvalue weighted by atomic mass is 16.5. The smallest absolute Gasteiger partial charge is 0.341 e. The van der Waals surface area contributed by atoms with E-state index in [-0.39, 0.29) is 11.9 Å². The fraction of sp³-hybridized carbons (Fsp3) is 0.364. The number of amides is 1. The van der Waals surface area contributed by atoms with Crippen LogP contribution >= 0.6 is 0 Å². The summed E-state index contributed by atoms with van der Waals surface area (Å²) in [5.41, 5.74) is 1.46. The lowest BCUT2D eigenvalue weighted by Crippen LogP contribution is -2.30. The molecule has 3 rings (SSSR count). The van der Waals surface area contributed by atoms with Gasteiger partial charge in [0.1, 0.15) is 5.75 Å². The molecule has 0 saturated carbocycles. The van der Waals surface area contributed by atoms with Crippen molar-refractivity contribution >= 4 is 11.9 Å². The Morgan fingerprint density at radius 3 is 2.62 bits per heavy atom. The number of methoxy groups -OCH3 is 1. The molecule has 1 N–H and O–H groups in total. The van der Waals surface area contributed by atoms with E-state index in [1.807, 2.05) is 36.1 Å². The molecule has 7 heteroatoms. The van der Waals surface area contributed by atoms with E-state index in [2.05, 4.69) is 0 Å². The third kappa shape index (κ3) is 4.62. The minimum absolute atomic E-state index is 0.0582. The van der Waals surface area contributed by atoms with Crippen LogP contribution in [0, 0.1) is 0 Å². The molecule has 29 heavy (non-hydrogen) atoms. The van der Waals surface area contributed by atoms with Crippen molar-refractivity contribution in [1.29, 1.82) is 0 Å². The summed E-state index contributed by atoms with van der Waals surface area (Å²) >= 11 is 0. The number of carbonyl (C=O) groups excluding carboxylic acids is 1. The Labute approximate surface area is 169 Å². The number of carbonyl (C=O) groups is 2. The van der Waals surface area contributed by atoms with Crippen molar-refractivity contribution in [2.75, 3.05) is 26.9 Å². The Balaban J connectivity index is 1.86. The van der Waals surface area contributed by atoms with Crippen LogP contribution in [0.3, 0.4) is 0 Å². The first-order valence-electron chi connectivity index (χ1n) is 9.60. The lowest BCUT2D eigenvalue weighted by atomic mass is 10.0. The average Bonchev–Trinajstić information content (AvgIpc) is 3.22. The molecule has 1 atom stereocenters. The van der Waals surface area contributed by atoms with E-state index in [0.29, 0.717) is 30.2 Å². The summed E-state index contributed by atoms with van der Waals surface area (Å²) in [4.78, 5) is 25.9. The highest BCUT2D eigenvalue weighted by Crippen LogP contribution is 2.38. The molecule has 7 nitrogen and oxygen atoms in total. The number of likely N-dealkylation sites (tertiary alicyclic amines) is 1. The lowest BCUT2D eigenvalue weighted by Gasteiger charge is -2.26. The third-order valence-electron chi connectivity index (χ3n) is 4.85. The van der Waals surface area contributed by atoms with E-state index in [9.17, 15) is 9.59 Å². The number of carboxylic acid groups (broad SMARTS) is 1. The molecule has 1 heterocycles. The van der Waals surface area contributed by atoms with Crippen LogP contribution < -0.4 is 14.2 Å². The lowest BCUT2D eigenvalue weighted by molar-refractivity contribution is -0.139. The maximum Gasteiger partial charge on any atom is 0.341 e. The maximum absolute atomic E-state index is 13.3. The SMILES string of the molecule is CCOc1cc(C(=O)N2CCCC2c2ccccc2OC)ccc1OCC(=O)O. The summed E-state index contributed by atoms with van der Waals surface area (Å²) in [5, 5.41) is 8.83. The Morgan fingerprint density at radius 2 is 1.90 bits per heavy atom. The Hall–Kier alpha value is -3.22. The van der Waals surface area contributed by atoms with E-state index in [1.165, 1.54) is 0 Å². The zero-order chi connectivity index (χ0) is 20.8. The minimum Gasteiger partial charge on any atom is -0.496 e. The number of benzene rings is 2. The summed E-state index contributed by atoms with van der Waals surface area (Å²) in [6, 6.07) is 12.5. The van der Waals surface area contributed by atoms with Gasteiger partial charge in [-0.25, -0.2) is 4.79 Å². The number of nitrogens with zero attached hydrogens (tertiary/aromatic N) is 1. The molecule has 1 aliphatic rings. The summed E-state index contributed by atoms with van der Waals surface area (Å²) < 4.78 is 16.3. The normalized spacial score (nSPS) is 15.8. The molecule has 1 aliphatic heterocycles. The predicted molar refractivity (Wildman–Crippen MR) is 107 cm³/mol. The van der Waals surface area contributed by atoms with Crippen LogP contribution in [0.2, 0.25) is 0 Å². The van der Waals surface area contributed by atoms with Gasteiger partial charge in [-0.3, -0.25) is 4.79 Å². The first kappa shape index (κ1) is 20.5. The fourth-order valence-electron chi connectivity index (χ4n) is 3.61. The molecule has 0 aromatic heterocycles. The molecular weight excluding hydrogens is 374 g/mol. The molecule has 0 bridgehead atoms. The van der Waals surface area contributed by atoms with E-state index in [1.54, 1.807) is 25.3 Å². The number of hydrogen-bond donors (Lipinski definition) is 1. The van der Waals surface area contributed by atoms with Crippen LogP contribution in [-0.4, -0.2) is 48.8 Å². The molecule has 2 aromatic carbocycles. The second-order valence-electron chi connectivity index (χ2n) is 6.68. The summed E-state index contributed by atoms with van der Waals surface area (Å²) in [6.45, 7) is 2.36. The van der Waals surface area contributed by atoms with Gasteiger partial charge >= 0.3 is 5.97 Å². The maximum atomic E-state index is 13.3. The van der Waals surface area contributed by atoms with Crippen LogP contribution in [0.5, 0.6) is 17.2 Å². The summed E-state index contributed by atoms with van der Waals surface area (Å²) in [6.07, 6.45) is 1.77. The van der Waals surface area contributed by atoms with Gasteiger partial charge < -0.3 is 24.2 Å². The number of aliphatic carboxylic acids is 1. The number of carboxylic acids is 1. The van der Waals surface area contributed by atoms with Crippen molar-refractivity contribution < 1.29 is 28.9 Å². The van der Waals surface area contributed by atoms with Crippen molar-refractivity contribution in [1.82, 2.24) is 4.90 Å². The van der Waals surface area contributed by atoms with Crippen LogP contribution in [0.1, 0.15) is 41.7 Å².